The number of hydrogen-bond acceptors (Lipinski definition) is 4. The molecule has 0 saturated heterocycles. The Balaban J connectivity index is 1.60. The summed E-state index contributed by atoms with van der Waals surface area (Å²) in [5, 5.41) is 19.4. The predicted molar refractivity (Wildman–Crippen MR) is 114 cm³/mol. The fourth-order valence-electron chi connectivity index (χ4n) is 4.25. The number of urea groups is 1. The van der Waals surface area contributed by atoms with Crippen molar-refractivity contribution in [3.63, 3.8) is 0 Å². The third kappa shape index (κ3) is 3.66. The van der Waals surface area contributed by atoms with Crippen LogP contribution in [0.3, 0.4) is 0 Å². The van der Waals surface area contributed by atoms with Gasteiger partial charge in [-0.1, -0.05) is 6.07 Å². The van der Waals surface area contributed by atoms with Crippen molar-refractivity contribution in [2.24, 2.45) is 9.50 Å². The minimum absolute atomic E-state index is 0.419. The van der Waals surface area contributed by atoms with E-state index >= 15 is 0 Å². The maximum absolute atomic E-state index is 12.7. The lowest BCUT2D eigenvalue weighted by Crippen LogP contribution is -2.18. The molecule has 2 aliphatic rings. The summed E-state index contributed by atoms with van der Waals surface area (Å²) in [6, 6.07) is 1.92. The number of carbonyl (C=O) groups excluding carboxylic acids is 1. The van der Waals surface area contributed by atoms with E-state index in [0.717, 1.165) is 49.1 Å². The second-order valence-electron chi connectivity index (χ2n) is 8.01. The molecule has 0 saturated carbocycles. The van der Waals surface area contributed by atoms with Crippen LogP contribution in [0.15, 0.2) is 14.8 Å². The van der Waals surface area contributed by atoms with Gasteiger partial charge >= 0.3 is 6.03 Å². The molecule has 1 atom stereocenters. The van der Waals surface area contributed by atoms with E-state index in [-0.39, 0.29) is 0 Å². The summed E-state index contributed by atoms with van der Waals surface area (Å²) in [4.78, 5) is 18.0. The zero-order valence-electron chi connectivity index (χ0n) is 16.5. The molecule has 6 nitrogen and oxygen atoms in total. The van der Waals surface area contributed by atoms with E-state index in [1.165, 1.54) is 33.6 Å². The van der Waals surface area contributed by atoms with Crippen molar-refractivity contribution in [1.82, 2.24) is 4.98 Å². The van der Waals surface area contributed by atoms with Crippen LogP contribution in [-0.2, 0) is 42.2 Å². The Bertz CT molecular complexity index is 957. The number of aryl methyl sites for hydroxylation is 3. The first-order valence-electron chi connectivity index (χ1n) is 9.62. The number of nitrogens with one attached hydrogen (secondary N) is 1. The third-order valence-corrected chi connectivity index (χ3v) is 7.76. The molecule has 1 heterocycles. The van der Waals surface area contributed by atoms with Crippen LogP contribution in [0.1, 0.15) is 59.5 Å². The Hall–Kier alpha value is -1.61. The second-order valence-corrected chi connectivity index (χ2v) is 10.7. The van der Waals surface area contributed by atoms with E-state index < -0.39 is 22.5 Å². The Labute approximate surface area is 171 Å². The van der Waals surface area contributed by atoms with Gasteiger partial charge < -0.3 is 10.4 Å². The zero-order chi connectivity index (χ0) is 20.1. The first kappa shape index (κ1) is 19.7. The van der Waals surface area contributed by atoms with Crippen LogP contribution >= 0.6 is 11.3 Å². The van der Waals surface area contributed by atoms with Gasteiger partial charge in [0.2, 0.25) is 0 Å². The summed E-state index contributed by atoms with van der Waals surface area (Å²) >= 11 is 1.38. The van der Waals surface area contributed by atoms with E-state index in [2.05, 4.69) is 20.7 Å². The number of fused-ring (bicyclic) bond motifs is 2. The monoisotopic (exact) mass is 418 g/mol. The molecule has 2 aliphatic carbocycles. The number of hydrogen-bond donors (Lipinski definition) is 3. The number of rotatable bonds is 3. The average molecular weight is 419 g/mol. The Kier molecular flexibility index (Phi) is 5.16. The SMILES string of the molecule is Cc1sc(S(N)=NC(=O)Nc2c3c(cc4c2CCC4)CCC3)nc1C(C)(C)O. The third-order valence-electron chi connectivity index (χ3n) is 5.42. The maximum atomic E-state index is 12.7. The van der Waals surface area contributed by atoms with Crippen LogP contribution < -0.4 is 10.5 Å². The van der Waals surface area contributed by atoms with E-state index in [1.807, 2.05) is 6.92 Å². The van der Waals surface area contributed by atoms with Gasteiger partial charge in [-0.15, -0.1) is 15.7 Å². The molecule has 8 heteroatoms. The number of aromatic nitrogens is 1. The highest BCUT2D eigenvalue weighted by Gasteiger charge is 2.26. The van der Waals surface area contributed by atoms with Crippen molar-refractivity contribution in [3.8, 4) is 0 Å². The fourth-order valence-corrected chi connectivity index (χ4v) is 6.36. The fraction of sp³-hybridized carbons (Fsp3) is 0.500. The number of amides is 2. The number of carbonyl (C=O) groups is 1. The molecule has 1 unspecified atom stereocenters. The van der Waals surface area contributed by atoms with Gasteiger partial charge in [0.1, 0.15) is 5.60 Å². The molecule has 150 valence electrons. The number of thiazole rings is 1. The molecule has 4 rings (SSSR count). The first-order valence-corrected chi connectivity index (χ1v) is 11.7. The molecule has 0 radical (unpaired) electrons. The standard InChI is InChI=1S/C20H26N4O2S2/c1-11-17(20(2,3)26)23-19(27-11)28(21)24-18(25)22-16-14-8-4-6-12(14)10-13-7-5-9-15(13)16/h10,26H,4-9H2,1-3H3,(H3,21,22,24,25). The number of nitrogens with zero attached hydrogens (tertiary/aromatic N) is 2. The van der Waals surface area contributed by atoms with Gasteiger partial charge in [-0.25, -0.2) is 9.78 Å². The van der Waals surface area contributed by atoms with Gasteiger partial charge in [-0.3, -0.25) is 5.14 Å². The topological polar surface area (TPSA) is 101 Å². The summed E-state index contributed by atoms with van der Waals surface area (Å²) in [7, 11) is -1.15. The average Bonchev–Trinajstić information content (AvgIpc) is 3.32. The van der Waals surface area contributed by atoms with Crippen LogP contribution in [0.25, 0.3) is 0 Å². The van der Waals surface area contributed by atoms with Gasteiger partial charge in [-0.05, 0) is 81.5 Å². The lowest BCUT2D eigenvalue weighted by molar-refractivity contribution is 0.0734. The second kappa shape index (κ2) is 7.33. The molecular weight excluding hydrogens is 392 g/mol. The van der Waals surface area contributed by atoms with Crippen LogP contribution in [0, 0.1) is 6.92 Å². The largest absolute Gasteiger partial charge is 0.384 e. The van der Waals surface area contributed by atoms with Crippen LogP contribution in [0.5, 0.6) is 0 Å². The van der Waals surface area contributed by atoms with Crippen molar-refractivity contribution in [2.45, 2.75) is 69.2 Å². The number of nitrogens with two attached hydrogens (primary N) is 1. The van der Waals surface area contributed by atoms with Gasteiger partial charge in [0.25, 0.3) is 0 Å². The number of benzene rings is 1. The van der Waals surface area contributed by atoms with Gasteiger partial charge in [0.05, 0.1) is 5.69 Å². The highest BCUT2D eigenvalue weighted by molar-refractivity contribution is 7.87. The smallest absolute Gasteiger partial charge is 0.352 e. The lowest BCUT2D eigenvalue weighted by Gasteiger charge is -2.15. The molecule has 2 aromatic rings. The molecule has 28 heavy (non-hydrogen) atoms. The molecule has 4 N–H and O–H groups in total. The van der Waals surface area contributed by atoms with Gasteiger partial charge in [0.15, 0.2) is 4.34 Å². The Morgan fingerprint density at radius 1 is 1.25 bits per heavy atom. The summed E-state index contributed by atoms with van der Waals surface area (Å²) in [5.74, 6) is 0. The molecular formula is C20H26N4O2S2. The summed E-state index contributed by atoms with van der Waals surface area (Å²) in [5.41, 5.74) is 5.80. The van der Waals surface area contributed by atoms with Crippen molar-refractivity contribution in [3.05, 3.63) is 38.9 Å². The minimum Gasteiger partial charge on any atom is -0.384 e. The molecule has 0 fully saturated rings. The molecule has 0 bridgehead atoms. The number of aliphatic hydroxyl groups is 1. The molecule has 0 spiro atoms. The Morgan fingerprint density at radius 3 is 2.39 bits per heavy atom. The van der Waals surface area contributed by atoms with Crippen molar-refractivity contribution in [1.29, 1.82) is 0 Å². The quantitative estimate of drug-likeness (QED) is 0.703. The molecule has 2 amide bonds. The summed E-state index contributed by atoms with van der Waals surface area (Å²) in [6.07, 6.45) is 6.46. The van der Waals surface area contributed by atoms with E-state index in [0.29, 0.717) is 10.0 Å². The van der Waals surface area contributed by atoms with E-state index in [1.54, 1.807) is 13.8 Å². The Morgan fingerprint density at radius 2 is 1.86 bits per heavy atom. The highest BCUT2D eigenvalue weighted by atomic mass is 32.2. The van der Waals surface area contributed by atoms with E-state index in [9.17, 15) is 9.90 Å². The molecule has 1 aromatic carbocycles. The summed E-state index contributed by atoms with van der Waals surface area (Å²) in [6.45, 7) is 5.27. The van der Waals surface area contributed by atoms with Crippen molar-refractivity contribution >= 4 is 33.9 Å². The lowest BCUT2D eigenvalue weighted by atomic mass is 9.99. The predicted octanol–water partition coefficient (Wildman–Crippen LogP) is 3.92. The first-order chi connectivity index (χ1) is 13.2. The highest BCUT2D eigenvalue weighted by Crippen LogP contribution is 2.38. The zero-order valence-corrected chi connectivity index (χ0v) is 18.1. The minimum atomic E-state index is -1.15. The number of anilines is 1. The van der Waals surface area contributed by atoms with Crippen molar-refractivity contribution in [2.75, 3.05) is 5.32 Å². The summed E-state index contributed by atoms with van der Waals surface area (Å²) < 4.78 is 4.71. The molecule has 0 aliphatic heterocycles. The van der Waals surface area contributed by atoms with E-state index in [4.69, 9.17) is 5.14 Å². The van der Waals surface area contributed by atoms with Crippen LogP contribution in [-0.4, -0.2) is 16.1 Å². The maximum Gasteiger partial charge on any atom is 0.352 e. The van der Waals surface area contributed by atoms with Crippen molar-refractivity contribution < 1.29 is 9.90 Å². The normalized spacial score (nSPS) is 16.9. The van der Waals surface area contributed by atoms with Gasteiger partial charge in [-0.2, -0.15) is 0 Å². The molecule has 1 aromatic heterocycles. The van der Waals surface area contributed by atoms with Crippen LogP contribution in [0.2, 0.25) is 0 Å². The van der Waals surface area contributed by atoms with Gasteiger partial charge in [0, 0.05) is 21.4 Å². The van der Waals surface area contributed by atoms with Crippen LogP contribution in [0.4, 0.5) is 10.5 Å².